The number of benzene rings is 1. The van der Waals surface area contributed by atoms with Crippen molar-refractivity contribution in [2.24, 2.45) is 0 Å². The molecule has 1 aromatic carbocycles. The molecule has 1 aromatic rings. The summed E-state index contributed by atoms with van der Waals surface area (Å²) in [5, 5.41) is 0. The summed E-state index contributed by atoms with van der Waals surface area (Å²) >= 11 is 0.378. The molecule has 0 spiro atoms. The van der Waals surface area contributed by atoms with E-state index in [2.05, 4.69) is 25.1 Å². The van der Waals surface area contributed by atoms with Crippen LogP contribution in [0.2, 0.25) is 0 Å². The molecule has 2 rings (SSSR count). The molecule has 0 radical (unpaired) electrons. The van der Waals surface area contributed by atoms with Gasteiger partial charge < -0.3 is 0 Å². The molecule has 0 nitrogen and oxygen atoms in total. The topological polar surface area (TPSA) is 0 Å². The number of rotatable bonds is 0. The van der Waals surface area contributed by atoms with Crippen LogP contribution in [0, 0.1) is 10.5 Å². The third kappa shape index (κ3) is 1.43. The van der Waals surface area contributed by atoms with Gasteiger partial charge in [-0.05, 0) is 0 Å². The van der Waals surface area contributed by atoms with Gasteiger partial charge in [0.25, 0.3) is 0 Å². The molecular weight excluding hydrogens is 247 g/mol. The quantitative estimate of drug-likeness (QED) is 0.423. The molecule has 1 heterocycles. The minimum atomic E-state index is 0.378. The molecule has 0 fully saturated rings. The molecule has 1 heteroatoms. The summed E-state index contributed by atoms with van der Waals surface area (Å²) in [6, 6.07) is 6.78. The molecule has 0 amide bonds. The van der Waals surface area contributed by atoms with Crippen molar-refractivity contribution in [3.8, 4) is 0 Å². The second kappa shape index (κ2) is 3.13. The third-order valence-electron chi connectivity index (χ3n) is 2.15. The van der Waals surface area contributed by atoms with Gasteiger partial charge in [0.2, 0.25) is 0 Å². The Hall–Kier alpha value is -0.0500. The second-order valence-corrected chi connectivity index (χ2v) is 5.97. The Balaban J connectivity index is 2.49. The summed E-state index contributed by atoms with van der Waals surface area (Å²) < 4.78 is 3.20. The van der Waals surface area contributed by atoms with Crippen LogP contribution in [0.15, 0.2) is 18.2 Å². The van der Waals surface area contributed by atoms with Gasteiger partial charge in [-0.3, -0.25) is 0 Å². The fourth-order valence-corrected chi connectivity index (χ4v) is 4.48. The molecule has 0 atom stereocenters. The van der Waals surface area contributed by atoms with E-state index < -0.39 is 0 Å². The van der Waals surface area contributed by atoms with Crippen LogP contribution in [0.1, 0.15) is 17.5 Å². The SMILES string of the molecule is Cc1cccc2c1CCC[I-]2. The first-order valence-corrected chi connectivity index (χ1v) is 6.66. The molecule has 0 unspecified atom stereocenters. The number of hydrogen-bond acceptors (Lipinski definition) is 0. The Morgan fingerprint density at radius 1 is 1.36 bits per heavy atom. The van der Waals surface area contributed by atoms with E-state index >= 15 is 0 Å². The fourth-order valence-electron chi connectivity index (χ4n) is 1.52. The van der Waals surface area contributed by atoms with E-state index in [4.69, 9.17) is 0 Å². The van der Waals surface area contributed by atoms with Gasteiger partial charge in [0.05, 0.1) is 0 Å². The van der Waals surface area contributed by atoms with Crippen molar-refractivity contribution in [2.75, 3.05) is 4.43 Å². The third-order valence-corrected chi connectivity index (χ3v) is 5.29. The maximum atomic E-state index is 2.33. The zero-order chi connectivity index (χ0) is 7.68. The van der Waals surface area contributed by atoms with Crippen molar-refractivity contribution in [2.45, 2.75) is 19.8 Å². The number of hydrogen-bond donors (Lipinski definition) is 0. The second-order valence-electron chi connectivity index (χ2n) is 2.96. The van der Waals surface area contributed by atoms with E-state index in [0.717, 1.165) is 0 Å². The number of halogens is 1. The Morgan fingerprint density at radius 2 is 2.27 bits per heavy atom. The molecule has 1 aliphatic heterocycles. The van der Waals surface area contributed by atoms with Crippen molar-refractivity contribution in [3.05, 3.63) is 32.9 Å². The molecule has 0 aromatic heterocycles. The van der Waals surface area contributed by atoms with Crippen LogP contribution in [0.5, 0.6) is 0 Å². The molecular formula is C10H12I-. The molecule has 11 heavy (non-hydrogen) atoms. The first-order chi connectivity index (χ1) is 5.38. The summed E-state index contributed by atoms with van der Waals surface area (Å²) in [7, 11) is 0. The average Bonchev–Trinajstić information content (AvgIpc) is 2.06. The predicted molar refractivity (Wildman–Crippen MR) is 43.1 cm³/mol. The number of fused-ring (bicyclic) bond motifs is 1. The van der Waals surface area contributed by atoms with Crippen molar-refractivity contribution in [1.29, 1.82) is 0 Å². The molecule has 0 saturated heterocycles. The zero-order valence-corrected chi connectivity index (χ0v) is 8.89. The first kappa shape index (κ1) is 7.59. The van der Waals surface area contributed by atoms with E-state index in [9.17, 15) is 0 Å². The summed E-state index contributed by atoms with van der Waals surface area (Å²) in [5.41, 5.74) is 3.19. The van der Waals surface area contributed by atoms with Crippen molar-refractivity contribution in [1.82, 2.24) is 0 Å². The average molecular weight is 259 g/mol. The van der Waals surface area contributed by atoms with E-state index in [0.29, 0.717) is 21.2 Å². The van der Waals surface area contributed by atoms with Crippen LogP contribution in [-0.2, 0) is 6.42 Å². The standard InChI is InChI=1S/C10H12I/c1-8-4-2-6-10-9(8)5-3-7-11-10/h2,4,6H,3,5,7H2,1H3/q-1. The molecule has 0 N–H and O–H groups in total. The van der Waals surface area contributed by atoms with E-state index in [1.165, 1.54) is 22.8 Å². The van der Waals surface area contributed by atoms with Crippen LogP contribution >= 0.6 is 0 Å². The Bertz CT molecular complexity index is 266. The monoisotopic (exact) mass is 259 g/mol. The van der Waals surface area contributed by atoms with Crippen molar-refractivity contribution >= 4 is 0 Å². The van der Waals surface area contributed by atoms with Gasteiger partial charge in [0, 0.05) is 0 Å². The minimum absolute atomic E-state index is 0.378. The Labute approximate surface area is 78.3 Å². The van der Waals surface area contributed by atoms with Crippen LogP contribution in [-0.4, -0.2) is 4.43 Å². The molecule has 60 valence electrons. The van der Waals surface area contributed by atoms with Crippen LogP contribution < -0.4 is 21.2 Å². The summed E-state index contributed by atoms with van der Waals surface area (Å²) in [6.07, 6.45) is 2.77. The van der Waals surface area contributed by atoms with Crippen LogP contribution in [0.3, 0.4) is 0 Å². The molecule has 0 aliphatic carbocycles. The molecule has 1 aliphatic rings. The van der Waals surface area contributed by atoms with E-state index in [1.807, 2.05) is 0 Å². The molecule has 0 saturated carbocycles. The van der Waals surface area contributed by atoms with Gasteiger partial charge in [-0.2, -0.15) is 0 Å². The maximum absolute atomic E-state index is 2.33. The fraction of sp³-hybridized carbons (Fsp3) is 0.400. The van der Waals surface area contributed by atoms with Gasteiger partial charge in [0.15, 0.2) is 0 Å². The zero-order valence-electron chi connectivity index (χ0n) is 6.73. The van der Waals surface area contributed by atoms with Gasteiger partial charge in [-0.25, -0.2) is 0 Å². The first-order valence-electron chi connectivity index (χ1n) is 4.05. The predicted octanol–water partition coefficient (Wildman–Crippen LogP) is -0.800. The van der Waals surface area contributed by atoms with Crippen LogP contribution in [0.25, 0.3) is 0 Å². The van der Waals surface area contributed by atoms with Gasteiger partial charge >= 0.3 is 78.3 Å². The van der Waals surface area contributed by atoms with Crippen molar-refractivity contribution < 1.29 is 21.2 Å². The van der Waals surface area contributed by atoms with Gasteiger partial charge in [-0.15, -0.1) is 0 Å². The van der Waals surface area contributed by atoms with Crippen LogP contribution in [0.4, 0.5) is 0 Å². The summed E-state index contributed by atoms with van der Waals surface area (Å²) in [6.45, 7) is 2.24. The number of alkyl halides is 1. The summed E-state index contributed by atoms with van der Waals surface area (Å²) in [5.74, 6) is 0. The summed E-state index contributed by atoms with van der Waals surface area (Å²) in [4.78, 5) is 0. The van der Waals surface area contributed by atoms with E-state index in [1.54, 1.807) is 9.13 Å². The Kier molecular flexibility index (Phi) is 2.16. The molecule has 0 bridgehead atoms. The number of aryl methyl sites for hydroxylation is 1. The Morgan fingerprint density at radius 3 is 3.09 bits per heavy atom. The van der Waals surface area contributed by atoms with Gasteiger partial charge in [0.1, 0.15) is 0 Å². The normalized spacial score (nSPS) is 16.8. The van der Waals surface area contributed by atoms with Crippen molar-refractivity contribution in [3.63, 3.8) is 0 Å². The van der Waals surface area contributed by atoms with Gasteiger partial charge in [-0.1, -0.05) is 0 Å². The van der Waals surface area contributed by atoms with E-state index in [-0.39, 0.29) is 0 Å².